The second-order valence-electron chi connectivity index (χ2n) is 7.80. The van der Waals surface area contributed by atoms with Gasteiger partial charge in [-0.3, -0.25) is 4.79 Å². The van der Waals surface area contributed by atoms with E-state index in [4.69, 9.17) is 23.2 Å². The van der Waals surface area contributed by atoms with Crippen molar-refractivity contribution in [3.63, 3.8) is 0 Å². The molecule has 0 saturated heterocycles. The van der Waals surface area contributed by atoms with Crippen LogP contribution in [0.1, 0.15) is 18.1 Å². The van der Waals surface area contributed by atoms with Gasteiger partial charge in [0.25, 0.3) is 0 Å². The Hall–Kier alpha value is -2.38. The zero-order chi connectivity index (χ0) is 22.9. The molecule has 0 saturated carbocycles. The zero-order valence-corrected chi connectivity index (χ0v) is 19.7. The lowest BCUT2D eigenvalue weighted by atomic mass is 10.1. The Morgan fingerprint density at radius 2 is 1.72 bits per heavy atom. The number of halogens is 2. The van der Waals surface area contributed by atoms with Crippen molar-refractivity contribution in [2.45, 2.75) is 30.8 Å². The Balaban J connectivity index is 1.68. The number of carbonyl (C=O) groups excluding carboxylic acids is 1. The largest absolute Gasteiger partial charge is 0.308 e. The highest BCUT2D eigenvalue weighted by molar-refractivity contribution is 7.89. The van der Waals surface area contributed by atoms with Gasteiger partial charge in [0.05, 0.1) is 11.4 Å². The summed E-state index contributed by atoms with van der Waals surface area (Å²) >= 11 is 12.0. The molecule has 1 heterocycles. The van der Waals surface area contributed by atoms with E-state index in [0.717, 1.165) is 17.7 Å². The van der Waals surface area contributed by atoms with Crippen LogP contribution >= 0.6 is 23.2 Å². The Morgan fingerprint density at radius 1 is 1.00 bits per heavy atom. The summed E-state index contributed by atoms with van der Waals surface area (Å²) in [6.45, 7) is 1.68. The third kappa shape index (κ3) is 4.69. The van der Waals surface area contributed by atoms with E-state index < -0.39 is 10.0 Å². The third-order valence-electron chi connectivity index (χ3n) is 5.49. The van der Waals surface area contributed by atoms with E-state index in [2.05, 4.69) is 0 Å². The topological polar surface area (TPSA) is 57.7 Å². The molecular weight excluding hydrogens is 467 g/mol. The Morgan fingerprint density at radius 3 is 2.44 bits per heavy atom. The number of fused-ring (bicyclic) bond motifs is 1. The fourth-order valence-corrected chi connectivity index (χ4v) is 5.71. The highest BCUT2D eigenvalue weighted by Crippen LogP contribution is 2.32. The highest BCUT2D eigenvalue weighted by Gasteiger charge is 2.34. The van der Waals surface area contributed by atoms with Gasteiger partial charge in [-0.2, -0.15) is 4.31 Å². The molecule has 32 heavy (non-hydrogen) atoms. The summed E-state index contributed by atoms with van der Waals surface area (Å²) < 4.78 is 28.2. The molecule has 0 aliphatic carbocycles. The van der Waals surface area contributed by atoms with Gasteiger partial charge in [0, 0.05) is 28.3 Å². The first-order valence-electron chi connectivity index (χ1n) is 10.2. The molecule has 3 aromatic rings. The van der Waals surface area contributed by atoms with Gasteiger partial charge in [-0.05, 0) is 66.9 Å². The molecule has 1 amide bonds. The van der Waals surface area contributed by atoms with Crippen LogP contribution in [0.2, 0.25) is 10.0 Å². The van der Waals surface area contributed by atoms with E-state index in [1.165, 1.54) is 28.6 Å². The molecule has 0 fully saturated rings. The molecule has 1 aliphatic heterocycles. The second-order valence-corrected chi connectivity index (χ2v) is 10.6. The van der Waals surface area contributed by atoms with Gasteiger partial charge in [-0.1, -0.05) is 53.5 Å². The molecule has 0 unspecified atom stereocenters. The minimum atomic E-state index is -3.96. The van der Waals surface area contributed by atoms with Crippen molar-refractivity contribution in [3.05, 3.63) is 94.0 Å². The van der Waals surface area contributed by atoms with Crippen LogP contribution < -0.4 is 4.90 Å². The van der Waals surface area contributed by atoms with Gasteiger partial charge in [0.15, 0.2) is 0 Å². The molecule has 3 aromatic carbocycles. The molecule has 5 nitrogen and oxygen atoms in total. The van der Waals surface area contributed by atoms with Crippen LogP contribution in [0, 0.1) is 0 Å². The van der Waals surface area contributed by atoms with Crippen molar-refractivity contribution in [1.82, 2.24) is 4.31 Å². The van der Waals surface area contributed by atoms with Gasteiger partial charge >= 0.3 is 0 Å². The first-order valence-corrected chi connectivity index (χ1v) is 12.4. The first-order chi connectivity index (χ1) is 15.3. The minimum absolute atomic E-state index is 0.0150. The summed E-state index contributed by atoms with van der Waals surface area (Å²) in [5.41, 5.74) is 2.60. The molecule has 0 bridgehead atoms. The molecule has 0 N–H and O–H groups in total. The summed E-state index contributed by atoms with van der Waals surface area (Å²) in [7, 11) is -3.96. The molecule has 4 rings (SSSR count). The van der Waals surface area contributed by atoms with Crippen LogP contribution in [0.25, 0.3) is 0 Å². The molecule has 1 aliphatic rings. The normalized spacial score (nSPS) is 15.8. The Bertz CT molecular complexity index is 1250. The predicted octanol–water partition coefficient (Wildman–Crippen LogP) is 5.16. The summed E-state index contributed by atoms with van der Waals surface area (Å²) in [5.74, 6) is -0.276. The molecule has 0 spiro atoms. The van der Waals surface area contributed by atoms with Gasteiger partial charge in [0.1, 0.15) is 0 Å². The number of sulfonamides is 1. The summed E-state index contributed by atoms with van der Waals surface area (Å²) in [5, 5.41) is 0.934. The first kappa shape index (κ1) is 22.8. The fourth-order valence-electron chi connectivity index (χ4n) is 3.99. The monoisotopic (exact) mass is 488 g/mol. The standard InChI is InChI=1S/C24H22Cl2N2O3S/c1-17-13-19-6-2-3-8-23(19)28(17)24(29)16-27(15-18-5-4-7-21(26)14-18)32(30,31)22-11-9-20(25)10-12-22/h2-12,14,17H,13,15-16H2,1H3/t17-/m0/s1. The number of para-hydroxylation sites is 1. The Kier molecular flexibility index (Phi) is 6.58. The lowest BCUT2D eigenvalue weighted by molar-refractivity contribution is -0.119. The molecule has 0 aromatic heterocycles. The van der Waals surface area contributed by atoms with E-state index in [-0.39, 0.29) is 29.9 Å². The van der Waals surface area contributed by atoms with Crippen LogP contribution in [-0.2, 0) is 27.8 Å². The molecule has 1 atom stereocenters. The van der Waals surface area contributed by atoms with Gasteiger partial charge in [-0.15, -0.1) is 0 Å². The maximum atomic E-state index is 13.5. The van der Waals surface area contributed by atoms with Crippen molar-refractivity contribution in [2.24, 2.45) is 0 Å². The Labute approximate surface area is 198 Å². The summed E-state index contributed by atoms with van der Waals surface area (Å²) in [6.07, 6.45) is 0.736. The molecule has 166 valence electrons. The van der Waals surface area contributed by atoms with E-state index in [1.807, 2.05) is 31.2 Å². The van der Waals surface area contributed by atoms with E-state index in [1.54, 1.807) is 29.2 Å². The van der Waals surface area contributed by atoms with Gasteiger partial charge in [-0.25, -0.2) is 8.42 Å². The number of nitrogens with zero attached hydrogens (tertiary/aromatic N) is 2. The average Bonchev–Trinajstić information content (AvgIpc) is 3.09. The quantitative estimate of drug-likeness (QED) is 0.481. The van der Waals surface area contributed by atoms with E-state index in [0.29, 0.717) is 15.6 Å². The lowest BCUT2D eigenvalue weighted by Gasteiger charge is -2.27. The number of benzene rings is 3. The number of anilines is 1. The van der Waals surface area contributed by atoms with Crippen LogP contribution in [0.15, 0.2) is 77.7 Å². The van der Waals surface area contributed by atoms with Crippen molar-refractivity contribution < 1.29 is 13.2 Å². The lowest BCUT2D eigenvalue weighted by Crippen LogP contribution is -2.44. The number of hydrogen-bond acceptors (Lipinski definition) is 3. The number of carbonyl (C=O) groups is 1. The zero-order valence-electron chi connectivity index (χ0n) is 17.4. The van der Waals surface area contributed by atoms with E-state index >= 15 is 0 Å². The van der Waals surface area contributed by atoms with Crippen molar-refractivity contribution in [2.75, 3.05) is 11.4 Å². The van der Waals surface area contributed by atoms with Gasteiger partial charge < -0.3 is 4.90 Å². The van der Waals surface area contributed by atoms with Crippen LogP contribution in [0.5, 0.6) is 0 Å². The predicted molar refractivity (Wildman–Crippen MR) is 128 cm³/mol. The number of amides is 1. The van der Waals surface area contributed by atoms with Gasteiger partial charge in [0.2, 0.25) is 15.9 Å². The number of rotatable bonds is 6. The van der Waals surface area contributed by atoms with Crippen LogP contribution in [0.3, 0.4) is 0 Å². The number of hydrogen-bond donors (Lipinski definition) is 0. The molecular formula is C24H22Cl2N2O3S. The maximum absolute atomic E-state index is 13.5. The smallest absolute Gasteiger partial charge is 0.243 e. The van der Waals surface area contributed by atoms with Crippen molar-refractivity contribution in [1.29, 1.82) is 0 Å². The second kappa shape index (κ2) is 9.24. The van der Waals surface area contributed by atoms with Crippen molar-refractivity contribution >= 4 is 44.8 Å². The van der Waals surface area contributed by atoms with Crippen LogP contribution in [0.4, 0.5) is 5.69 Å². The highest BCUT2D eigenvalue weighted by atomic mass is 35.5. The van der Waals surface area contributed by atoms with Crippen molar-refractivity contribution in [3.8, 4) is 0 Å². The van der Waals surface area contributed by atoms with E-state index in [9.17, 15) is 13.2 Å². The van der Waals surface area contributed by atoms with Crippen LogP contribution in [-0.4, -0.2) is 31.2 Å². The SMILES string of the molecule is C[C@H]1Cc2ccccc2N1C(=O)CN(Cc1cccc(Cl)c1)S(=O)(=O)c1ccc(Cl)cc1. The fraction of sp³-hybridized carbons (Fsp3) is 0.208. The molecule has 0 radical (unpaired) electrons. The summed E-state index contributed by atoms with van der Waals surface area (Å²) in [6, 6.07) is 20.5. The summed E-state index contributed by atoms with van der Waals surface area (Å²) in [4.78, 5) is 15.2. The third-order valence-corrected chi connectivity index (χ3v) is 7.78. The minimum Gasteiger partial charge on any atom is -0.308 e. The molecule has 8 heteroatoms. The average molecular weight is 489 g/mol. The maximum Gasteiger partial charge on any atom is 0.243 e.